The number of hydrogen-bond donors (Lipinski definition) is 10. The van der Waals surface area contributed by atoms with Crippen molar-refractivity contribution in [2.75, 3.05) is 85.1 Å². The average Bonchev–Trinajstić information content (AvgIpc) is 3.12. The predicted molar refractivity (Wildman–Crippen MR) is 203 cm³/mol. The number of hydrogen-bond acceptors (Lipinski definition) is 14. The number of carboxylic acid groups (broad SMARTS) is 6. The van der Waals surface area contributed by atoms with Crippen LogP contribution in [-0.2, 0) is 38.4 Å². The van der Waals surface area contributed by atoms with Gasteiger partial charge in [-0.25, -0.2) is 14.4 Å². The summed E-state index contributed by atoms with van der Waals surface area (Å²) in [5.41, 5.74) is 6.02. The van der Waals surface area contributed by atoms with Gasteiger partial charge in [-0.2, -0.15) is 0 Å². The molecule has 1 aliphatic heterocycles. The van der Waals surface area contributed by atoms with E-state index in [1.54, 1.807) is 14.7 Å². The number of rotatable bonds is 27. The molecule has 58 heavy (non-hydrogen) atoms. The standard InChI is InChI=1S/C35H60N8O15/c36-25(32(53)37-11-5-4-8-26(33(54)55)38-35(58)39-27(34(56)57)9-10-28(45)46)7-3-1-2-6-24(44)20-40-12-14-41(21-29(47)48)16-18-43(23-31(51)52)19-17-42(15-13-40)22-30(49)50/h25-27H,1-23,36H2,(H,37,53)(H,45,46)(H,47,48)(H,49,50)(H,51,52)(H,54,55)(H,56,57)(H2,38,39,58)/t25-,26-,27-/m0/s1. The van der Waals surface area contributed by atoms with Gasteiger partial charge in [0.1, 0.15) is 17.9 Å². The van der Waals surface area contributed by atoms with Crippen LogP contribution in [0.5, 0.6) is 0 Å². The lowest BCUT2D eigenvalue weighted by Crippen LogP contribution is -2.51. The van der Waals surface area contributed by atoms with Crippen molar-refractivity contribution in [1.82, 2.24) is 35.6 Å². The molecule has 0 bridgehead atoms. The highest BCUT2D eigenvalue weighted by atomic mass is 16.4. The zero-order chi connectivity index (χ0) is 43.6. The third-order valence-electron chi connectivity index (χ3n) is 9.29. The number of aliphatic carboxylic acids is 6. The molecule has 0 aromatic heterocycles. The van der Waals surface area contributed by atoms with Crippen LogP contribution in [0.2, 0.25) is 0 Å². The monoisotopic (exact) mass is 832 g/mol. The molecule has 0 unspecified atom stereocenters. The van der Waals surface area contributed by atoms with Crippen LogP contribution in [0.25, 0.3) is 0 Å². The van der Waals surface area contributed by atoms with Crippen LogP contribution in [0.3, 0.4) is 0 Å². The number of unbranched alkanes of at least 4 members (excludes halogenated alkanes) is 3. The van der Waals surface area contributed by atoms with Crippen molar-refractivity contribution >= 4 is 53.5 Å². The van der Waals surface area contributed by atoms with E-state index >= 15 is 0 Å². The van der Waals surface area contributed by atoms with E-state index in [-0.39, 0.29) is 83.9 Å². The number of urea groups is 1. The largest absolute Gasteiger partial charge is 0.481 e. The van der Waals surface area contributed by atoms with Crippen molar-refractivity contribution in [1.29, 1.82) is 0 Å². The Labute approximate surface area is 335 Å². The summed E-state index contributed by atoms with van der Waals surface area (Å²) in [5, 5.41) is 62.3. The molecule has 3 atom stereocenters. The van der Waals surface area contributed by atoms with Gasteiger partial charge in [-0.1, -0.05) is 12.8 Å². The van der Waals surface area contributed by atoms with Crippen LogP contribution in [0, 0.1) is 0 Å². The molecule has 330 valence electrons. The minimum Gasteiger partial charge on any atom is -0.481 e. The van der Waals surface area contributed by atoms with Crippen LogP contribution in [0.15, 0.2) is 0 Å². The van der Waals surface area contributed by atoms with E-state index < -0.39 is 78.7 Å². The zero-order valence-electron chi connectivity index (χ0n) is 32.7. The van der Waals surface area contributed by atoms with E-state index in [1.165, 1.54) is 0 Å². The Bertz CT molecular complexity index is 1350. The second-order valence-corrected chi connectivity index (χ2v) is 14.1. The first-order valence-corrected chi connectivity index (χ1v) is 19.2. The number of carboxylic acids is 6. The summed E-state index contributed by atoms with van der Waals surface area (Å²) < 4.78 is 0. The lowest BCUT2D eigenvalue weighted by Gasteiger charge is -2.32. The predicted octanol–water partition coefficient (Wildman–Crippen LogP) is -2.33. The van der Waals surface area contributed by atoms with Crippen molar-refractivity contribution in [3.05, 3.63) is 0 Å². The third-order valence-corrected chi connectivity index (χ3v) is 9.29. The van der Waals surface area contributed by atoms with Crippen LogP contribution in [-0.4, -0.2) is 207 Å². The molecule has 0 aromatic carbocycles. The van der Waals surface area contributed by atoms with Gasteiger partial charge in [-0.15, -0.1) is 0 Å². The number of amides is 3. The summed E-state index contributed by atoms with van der Waals surface area (Å²) in [5.74, 6) is -7.70. The molecule has 0 aromatic rings. The van der Waals surface area contributed by atoms with Gasteiger partial charge >= 0.3 is 41.8 Å². The molecular weight excluding hydrogens is 772 g/mol. The number of nitrogens with one attached hydrogen (secondary N) is 3. The molecule has 1 rings (SSSR count). The van der Waals surface area contributed by atoms with Gasteiger partial charge in [0.2, 0.25) is 5.91 Å². The lowest BCUT2D eigenvalue weighted by atomic mass is 10.1. The average molecular weight is 833 g/mol. The smallest absolute Gasteiger partial charge is 0.326 e. The Kier molecular flexibility index (Phi) is 25.0. The van der Waals surface area contributed by atoms with Crippen molar-refractivity contribution < 1.29 is 73.8 Å². The fraction of sp³-hybridized carbons (Fsp3) is 0.743. The van der Waals surface area contributed by atoms with E-state index in [0.717, 1.165) is 0 Å². The minimum absolute atomic E-state index is 0.0323. The van der Waals surface area contributed by atoms with E-state index in [1.807, 2.05) is 10.2 Å². The fourth-order valence-electron chi connectivity index (χ4n) is 6.06. The molecular formula is C35H60N8O15. The maximum absolute atomic E-state index is 13.0. The van der Waals surface area contributed by atoms with E-state index in [9.17, 15) is 63.6 Å². The summed E-state index contributed by atoms with van der Waals surface area (Å²) in [6.45, 7) is 1.80. The van der Waals surface area contributed by atoms with E-state index in [4.69, 9.17) is 15.9 Å². The van der Waals surface area contributed by atoms with Crippen LogP contribution < -0.4 is 21.7 Å². The first-order valence-electron chi connectivity index (χ1n) is 19.2. The highest BCUT2D eigenvalue weighted by Gasteiger charge is 2.25. The topological polar surface area (TPSA) is 350 Å². The number of ketones is 1. The third kappa shape index (κ3) is 24.6. The van der Waals surface area contributed by atoms with E-state index in [2.05, 4.69) is 10.6 Å². The first-order chi connectivity index (χ1) is 27.4. The molecule has 1 fully saturated rings. The summed E-state index contributed by atoms with van der Waals surface area (Å²) in [6, 6.07) is -4.79. The Hall–Kier alpha value is -4.97. The minimum atomic E-state index is -1.52. The van der Waals surface area contributed by atoms with Crippen LogP contribution in [0.4, 0.5) is 4.79 Å². The summed E-state index contributed by atoms with van der Waals surface area (Å²) >= 11 is 0. The molecule has 0 aliphatic carbocycles. The highest BCUT2D eigenvalue weighted by Crippen LogP contribution is 2.09. The normalized spacial score (nSPS) is 16.7. The Morgan fingerprint density at radius 2 is 0.897 bits per heavy atom. The Morgan fingerprint density at radius 1 is 0.483 bits per heavy atom. The van der Waals surface area contributed by atoms with Gasteiger partial charge in [-0.3, -0.25) is 48.4 Å². The molecule has 1 saturated heterocycles. The lowest BCUT2D eigenvalue weighted by molar-refractivity contribution is -0.141. The zero-order valence-corrected chi connectivity index (χ0v) is 32.7. The first kappa shape index (κ1) is 51.0. The second-order valence-electron chi connectivity index (χ2n) is 14.1. The maximum Gasteiger partial charge on any atom is 0.326 e. The van der Waals surface area contributed by atoms with Crippen LogP contribution in [0.1, 0.15) is 64.2 Å². The van der Waals surface area contributed by atoms with Gasteiger partial charge < -0.3 is 52.3 Å². The van der Waals surface area contributed by atoms with Gasteiger partial charge in [0.05, 0.1) is 32.2 Å². The van der Waals surface area contributed by atoms with Gasteiger partial charge in [0.15, 0.2) is 0 Å². The molecule has 0 saturated carbocycles. The molecule has 0 spiro atoms. The number of nitrogens with two attached hydrogens (primary N) is 1. The fourth-order valence-corrected chi connectivity index (χ4v) is 6.06. The second kappa shape index (κ2) is 28.4. The maximum atomic E-state index is 13.0. The van der Waals surface area contributed by atoms with Crippen molar-refractivity contribution in [3.63, 3.8) is 0 Å². The van der Waals surface area contributed by atoms with Gasteiger partial charge in [-0.05, 0) is 38.5 Å². The Balaban J connectivity index is 2.50. The van der Waals surface area contributed by atoms with Crippen molar-refractivity contribution in [3.8, 4) is 0 Å². The summed E-state index contributed by atoms with van der Waals surface area (Å²) in [6.07, 6.45) is 1.98. The molecule has 0 radical (unpaired) electrons. The molecule has 23 heteroatoms. The van der Waals surface area contributed by atoms with Crippen molar-refractivity contribution in [2.45, 2.75) is 82.3 Å². The molecule has 3 amide bonds. The SMILES string of the molecule is N[C@@H](CCCCCC(=O)CN1CCN(CC(=O)O)CCN(CC(=O)O)CCN(CC(=O)O)CC1)C(=O)NCCCC[C@H](NC(=O)N[C@@H](CCC(=O)O)C(=O)O)C(=O)O. The number of carbonyl (C=O) groups is 9. The molecule has 23 nitrogen and oxygen atoms in total. The molecule has 11 N–H and O–H groups in total. The Morgan fingerprint density at radius 3 is 1.31 bits per heavy atom. The van der Waals surface area contributed by atoms with Crippen molar-refractivity contribution in [2.24, 2.45) is 5.73 Å². The highest BCUT2D eigenvalue weighted by molar-refractivity contribution is 5.86. The summed E-state index contributed by atoms with van der Waals surface area (Å²) in [4.78, 5) is 112. The van der Waals surface area contributed by atoms with Gasteiger partial charge in [0, 0.05) is 71.7 Å². The summed E-state index contributed by atoms with van der Waals surface area (Å²) in [7, 11) is 0. The quantitative estimate of drug-likeness (QED) is 0.0388. The molecule has 1 heterocycles. The number of Topliss-reactive ketones (excluding diaryl/α,β-unsaturated/α-hetero) is 1. The van der Waals surface area contributed by atoms with Crippen LogP contribution >= 0.6 is 0 Å². The number of carbonyl (C=O) groups excluding carboxylic acids is 3. The number of nitrogens with zero attached hydrogens (tertiary/aromatic N) is 4. The molecule has 1 aliphatic rings. The van der Waals surface area contributed by atoms with Gasteiger partial charge in [0.25, 0.3) is 0 Å². The van der Waals surface area contributed by atoms with E-state index in [0.29, 0.717) is 58.3 Å².